The van der Waals surface area contributed by atoms with Crippen molar-refractivity contribution >= 4 is 11.9 Å². The van der Waals surface area contributed by atoms with Crippen molar-refractivity contribution in [2.24, 2.45) is 0 Å². The Bertz CT molecular complexity index is 430. The van der Waals surface area contributed by atoms with Crippen molar-refractivity contribution in [3.63, 3.8) is 0 Å². The summed E-state index contributed by atoms with van der Waals surface area (Å²) in [5, 5.41) is 17.1. The smallest absolute Gasteiger partial charge is 0.407 e. The number of anilines is 1. The topological polar surface area (TPSA) is 77.3 Å². The largest absolute Gasteiger partial charge is 0.711 e. The third-order valence-corrected chi connectivity index (χ3v) is 2.40. The van der Waals surface area contributed by atoms with Crippen LogP contribution in [0.2, 0.25) is 0 Å². The molecule has 0 aliphatic heterocycles. The number of nitrogens with one attached hydrogen (secondary N) is 2. The van der Waals surface area contributed by atoms with Crippen LogP contribution in [0.1, 0.15) is 33.6 Å². The molecule has 1 aromatic heterocycles. The van der Waals surface area contributed by atoms with Gasteiger partial charge in [-0.1, -0.05) is 6.07 Å². The fraction of sp³-hybridized carbons (Fsp3) is 0.571. The van der Waals surface area contributed by atoms with Gasteiger partial charge in [0.15, 0.2) is 0 Å². The molecule has 0 saturated carbocycles. The van der Waals surface area contributed by atoms with E-state index in [2.05, 4.69) is 10.6 Å². The molecule has 0 aliphatic carbocycles. The van der Waals surface area contributed by atoms with Crippen molar-refractivity contribution in [3.8, 4) is 0 Å². The van der Waals surface area contributed by atoms with Gasteiger partial charge in [0, 0.05) is 12.6 Å². The monoisotopic (exact) mass is 281 g/mol. The molecule has 0 unspecified atom stereocenters. The number of ether oxygens (including phenoxy) is 1. The molecule has 0 atom stereocenters. The summed E-state index contributed by atoms with van der Waals surface area (Å²) in [7, 11) is 0. The fourth-order valence-electron chi connectivity index (χ4n) is 1.54. The van der Waals surface area contributed by atoms with Crippen LogP contribution >= 0.6 is 0 Å². The van der Waals surface area contributed by atoms with Crippen LogP contribution < -0.4 is 15.4 Å². The van der Waals surface area contributed by atoms with Crippen LogP contribution in [0.4, 0.5) is 10.6 Å². The average Bonchev–Trinajstić information content (AvgIpc) is 2.33. The first kappa shape index (κ1) is 16.1. The van der Waals surface area contributed by atoms with Crippen molar-refractivity contribution in [2.45, 2.75) is 39.2 Å². The number of rotatable bonds is 6. The van der Waals surface area contributed by atoms with E-state index in [1.54, 1.807) is 18.2 Å². The molecule has 0 fully saturated rings. The number of hydrogen-bond acceptors (Lipinski definition) is 4. The van der Waals surface area contributed by atoms with Gasteiger partial charge in [0.25, 0.3) is 5.82 Å². The standard InChI is InChI=1S/C14H23N3O3/c1-14(2,3)20-13(18)16-10-6-5-9-15-12-8-4-7-11-17(12)19/h4,7-8,11,15H,5-6,9-10H2,1-3H3,(H,16,18). The Morgan fingerprint density at radius 2 is 2.00 bits per heavy atom. The first-order valence-corrected chi connectivity index (χ1v) is 6.77. The number of unbranched alkanes of at least 4 members (excludes halogenated alkanes) is 1. The van der Waals surface area contributed by atoms with Crippen molar-refractivity contribution in [1.29, 1.82) is 0 Å². The minimum absolute atomic E-state index is 0.397. The SMILES string of the molecule is CC(C)(C)OC(=O)NCCCCNc1cccc[n+]1[O-]. The predicted octanol–water partition coefficient (Wildman–Crippen LogP) is 2.04. The summed E-state index contributed by atoms with van der Waals surface area (Å²) in [4.78, 5) is 11.4. The number of amides is 1. The Kier molecular flexibility index (Phi) is 6.09. The number of alkyl carbamates (subject to hydrolysis) is 1. The van der Waals surface area contributed by atoms with Crippen LogP contribution in [0.3, 0.4) is 0 Å². The van der Waals surface area contributed by atoms with Gasteiger partial charge in [-0.05, 0) is 39.7 Å². The lowest BCUT2D eigenvalue weighted by Gasteiger charge is -2.19. The number of aromatic nitrogens is 1. The van der Waals surface area contributed by atoms with Gasteiger partial charge in [-0.3, -0.25) is 5.32 Å². The number of nitrogens with zero attached hydrogens (tertiary/aromatic N) is 1. The van der Waals surface area contributed by atoms with Crippen molar-refractivity contribution < 1.29 is 14.3 Å². The van der Waals surface area contributed by atoms with Gasteiger partial charge >= 0.3 is 6.09 Å². The van der Waals surface area contributed by atoms with E-state index >= 15 is 0 Å². The molecule has 0 spiro atoms. The van der Waals surface area contributed by atoms with Gasteiger partial charge in [0.1, 0.15) is 5.60 Å². The third kappa shape index (κ3) is 6.82. The molecular weight excluding hydrogens is 258 g/mol. The van der Waals surface area contributed by atoms with E-state index in [4.69, 9.17) is 4.74 Å². The quantitative estimate of drug-likeness (QED) is 0.475. The molecule has 0 bridgehead atoms. The van der Waals surface area contributed by atoms with Gasteiger partial charge in [0.05, 0.1) is 12.7 Å². The minimum atomic E-state index is -0.472. The molecule has 6 heteroatoms. The second kappa shape index (κ2) is 7.57. The minimum Gasteiger partial charge on any atom is -0.711 e. The molecule has 0 aromatic carbocycles. The highest BCUT2D eigenvalue weighted by molar-refractivity contribution is 5.67. The zero-order valence-electron chi connectivity index (χ0n) is 12.3. The summed E-state index contributed by atoms with van der Waals surface area (Å²) in [5.41, 5.74) is -0.472. The molecule has 112 valence electrons. The molecule has 1 heterocycles. The molecule has 0 aliphatic rings. The molecule has 1 rings (SSSR count). The van der Waals surface area contributed by atoms with Gasteiger partial charge in [-0.15, -0.1) is 0 Å². The molecule has 6 nitrogen and oxygen atoms in total. The van der Waals surface area contributed by atoms with Crippen molar-refractivity contribution in [2.75, 3.05) is 18.4 Å². The maximum absolute atomic E-state index is 11.4. The van der Waals surface area contributed by atoms with E-state index in [1.165, 1.54) is 6.20 Å². The van der Waals surface area contributed by atoms with E-state index in [0.29, 0.717) is 18.9 Å². The van der Waals surface area contributed by atoms with Crippen LogP contribution in [-0.2, 0) is 4.74 Å². The summed E-state index contributed by atoms with van der Waals surface area (Å²) in [5.74, 6) is 0.535. The average molecular weight is 281 g/mol. The molecule has 1 amide bonds. The molecule has 2 N–H and O–H groups in total. The third-order valence-electron chi connectivity index (χ3n) is 2.40. The highest BCUT2D eigenvalue weighted by atomic mass is 16.6. The summed E-state index contributed by atoms with van der Waals surface area (Å²) in [6, 6.07) is 5.22. The van der Waals surface area contributed by atoms with Crippen molar-refractivity contribution in [1.82, 2.24) is 5.32 Å². The zero-order valence-corrected chi connectivity index (χ0v) is 12.3. The summed E-state index contributed by atoms with van der Waals surface area (Å²) in [6.45, 7) is 6.72. The predicted molar refractivity (Wildman–Crippen MR) is 77.4 cm³/mol. The second-order valence-corrected chi connectivity index (χ2v) is 5.47. The van der Waals surface area contributed by atoms with E-state index in [9.17, 15) is 10.0 Å². The van der Waals surface area contributed by atoms with Gasteiger partial charge in [0.2, 0.25) is 0 Å². The van der Waals surface area contributed by atoms with Crippen LogP contribution in [0, 0.1) is 5.21 Å². The Morgan fingerprint density at radius 3 is 2.65 bits per heavy atom. The summed E-state index contributed by atoms with van der Waals surface area (Å²) < 4.78 is 5.91. The number of pyridine rings is 1. The highest BCUT2D eigenvalue weighted by Gasteiger charge is 2.15. The fourth-order valence-corrected chi connectivity index (χ4v) is 1.54. The number of carbonyl (C=O) groups is 1. The Labute approximate surface area is 119 Å². The first-order valence-electron chi connectivity index (χ1n) is 6.77. The Morgan fingerprint density at radius 1 is 1.30 bits per heavy atom. The first-order chi connectivity index (χ1) is 9.38. The van der Waals surface area contributed by atoms with Crippen LogP contribution in [-0.4, -0.2) is 24.8 Å². The van der Waals surface area contributed by atoms with E-state index in [1.807, 2.05) is 20.8 Å². The van der Waals surface area contributed by atoms with Crippen LogP contribution in [0.15, 0.2) is 24.4 Å². The van der Waals surface area contributed by atoms with Gasteiger partial charge in [-0.2, -0.15) is 0 Å². The van der Waals surface area contributed by atoms with E-state index < -0.39 is 11.7 Å². The van der Waals surface area contributed by atoms with Crippen molar-refractivity contribution in [3.05, 3.63) is 29.6 Å². The van der Waals surface area contributed by atoms with Gasteiger partial charge in [-0.25, -0.2) is 9.52 Å². The van der Waals surface area contributed by atoms with Gasteiger partial charge < -0.3 is 15.3 Å². The maximum atomic E-state index is 11.4. The normalized spacial score (nSPS) is 10.9. The molecular formula is C14H23N3O3. The number of hydrogen-bond donors (Lipinski definition) is 2. The molecule has 1 aromatic rings. The summed E-state index contributed by atoms with van der Waals surface area (Å²) in [6.07, 6.45) is 2.72. The van der Waals surface area contributed by atoms with E-state index in [0.717, 1.165) is 17.6 Å². The Balaban J connectivity index is 2.08. The lowest BCUT2D eigenvalue weighted by atomic mass is 10.2. The molecule has 0 radical (unpaired) electrons. The van der Waals surface area contributed by atoms with E-state index in [-0.39, 0.29) is 0 Å². The zero-order chi connectivity index (χ0) is 15.0. The van der Waals surface area contributed by atoms with Crippen LogP contribution in [0.5, 0.6) is 0 Å². The van der Waals surface area contributed by atoms with Crippen LogP contribution in [0.25, 0.3) is 0 Å². The lowest BCUT2D eigenvalue weighted by molar-refractivity contribution is -0.590. The molecule has 0 saturated heterocycles. The highest BCUT2D eigenvalue weighted by Crippen LogP contribution is 2.06. The molecule has 20 heavy (non-hydrogen) atoms. The Hall–Kier alpha value is -1.98. The lowest BCUT2D eigenvalue weighted by Crippen LogP contribution is -2.33. The summed E-state index contributed by atoms with van der Waals surface area (Å²) >= 11 is 0. The second-order valence-electron chi connectivity index (χ2n) is 5.47. The number of carbonyl (C=O) groups excluding carboxylic acids is 1. The maximum Gasteiger partial charge on any atom is 0.407 e.